The number of carbonyl (C=O) groups is 2. The fourth-order valence-electron chi connectivity index (χ4n) is 4.01. The molecule has 1 unspecified atom stereocenters. The molecule has 2 amide bonds. The van der Waals surface area contributed by atoms with Crippen molar-refractivity contribution in [1.29, 1.82) is 5.26 Å². The number of nitriles is 1. The molecule has 0 aromatic heterocycles. The van der Waals surface area contributed by atoms with Crippen molar-refractivity contribution < 1.29 is 14.0 Å². The van der Waals surface area contributed by atoms with Crippen LogP contribution in [0.15, 0.2) is 48.5 Å². The van der Waals surface area contributed by atoms with Gasteiger partial charge in [0.2, 0.25) is 5.91 Å². The van der Waals surface area contributed by atoms with E-state index >= 15 is 0 Å². The highest BCUT2D eigenvalue weighted by Crippen LogP contribution is 2.27. The largest absolute Gasteiger partial charge is 0.383 e. The van der Waals surface area contributed by atoms with Crippen molar-refractivity contribution in [3.05, 3.63) is 65.5 Å². The molecule has 2 aromatic rings. The number of amides is 2. The third-order valence-electron chi connectivity index (χ3n) is 5.79. The second-order valence-corrected chi connectivity index (χ2v) is 8.18. The van der Waals surface area contributed by atoms with Crippen molar-refractivity contribution in [3.63, 3.8) is 0 Å². The van der Waals surface area contributed by atoms with Crippen LogP contribution in [0.3, 0.4) is 0 Å². The topological polar surface area (TPSA) is 94.0 Å². The molecule has 0 radical (unpaired) electrons. The van der Waals surface area contributed by atoms with Crippen LogP contribution in [0.5, 0.6) is 0 Å². The Morgan fingerprint density at radius 1 is 1.00 bits per heavy atom. The summed E-state index contributed by atoms with van der Waals surface area (Å²) in [4.78, 5) is 25.6. The zero-order valence-corrected chi connectivity index (χ0v) is 18.1. The highest BCUT2D eigenvalue weighted by Gasteiger charge is 2.26. The molecule has 0 heterocycles. The smallest absolute Gasteiger partial charge is 0.251 e. The van der Waals surface area contributed by atoms with E-state index in [0.717, 1.165) is 31.4 Å². The van der Waals surface area contributed by atoms with Gasteiger partial charge in [-0.15, -0.1) is 0 Å². The van der Waals surface area contributed by atoms with Crippen LogP contribution in [-0.4, -0.2) is 30.9 Å². The zero-order valence-electron chi connectivity index (χ0n) is 18.1. The summed E-state index contributed by atoms with van der Waals surface area (Å²) in [6, 6.07) is 13.8. The van der Waals surface area contributed by atoms with Gasteiger partial charge in [0.1, 0.15) is 11.9 Å². The highest BCUT2D eigenvalue weighted by molar-refractivity contribution is 5.97. The maximum Gasteiger partial charge on any atom is 0.251 e. The SMILES string of the molecule is N#Cc1ccc(C(=O)NC(CC2CCCCC2)C(=O)NCCNc2ccc(F)cc2)cc1. The number of carbonyl (C=O) groups excluding carboxylic acids is 2. The molecule has 2 aromatic carbocycles. The Labute approximate surface area is 188 Å². The van der Waals surface area contributed by atoms with E-state index in [1.165, 1.54) is 18.6 Å². The highest BCUT2D eigenvalue weighted by atomic mass is 19.1. The molecule has 1 saturated carbocycles. The van der Waals surface area contributed by atoms with Crippen molar-refractivity contribution in [2.24, 2.45) is 5.92 Å². The van der Waals surface area contributed by atoms with E-state index in [0.29, 0.717) is 36.6 Å². The molecule has 32 heavy (non-hydrogen) atoms. The summed E-state index contributed by atoms with van der Waals surface area (Å²) in [5.74, 6) is -0.418. The number of benzene rings is 2. The normalized spacial score (nSPS) is 14.8. The van der Waals surface area contributed by atoms with Gasteiger partial charge in [0, 0.05) is 24.3 Å². The van der Waals surface area contributed by atoms with E-state index in [1.54, 1.807) is 36.4 Å². The first-order valence-corrected chi connectivity index (χ1v) is 11.1. The Hall–Kier alpha value is -3.40. The first-order chi connectivity index (χ1) is 15.5. The minimum absolute atomic E-state index is 0.210. The van der Waals surface area contributed by atoms with Crippen LogP contribution in [0.2, 0.25) is 0 Å². The van der Waals surface area contributed by atoms with E-state index in [9.17, 15) is 14.0 Å². The molecule has 0 bridgehead atoms. The predicted molar refractivity (Wildman–Crippen MR) is 122 cm³/mol. The van der Waals surface area contributed by atoms with Crippen LogP contribution in [0.1, 0.15) is 54.4 Å². The Kier molecular flexibility index (Phi) is 8.61. The summed E-state index contributed by atoms with van der Waals surface area (Å²) in [7, 11) is 0. The van der Waals surface area contributed by atoms with Gasteiger partial charge in [0.15, 0.2) is 0 Å². The fraction of sp³-hybridized carbons (Fsp3) is 0.400. The summed E-state index contributed by atoms with van der Waals surface area (Å²) in [5.41, 5.74) is 1.67. The van der Waals surface area contributed by atoms with Crippen molar-refractivity contribution in [1.82, 2.24) is 10.6 Å². The molecule has 1 aliphatic carbocycles. The number of anilines is 1. The molecule has 3 rings (SSSR count). The molecule has 1 atom stereocenters. The molecule has 0 saturated heterocycles. The molecular weight excluding hydrogens is 407 g/mol. The monoisotopic (exact) mass is 436 g/mol. The minimum Gasteiger partial charge on any atom is -0.383 e. The summed E-state index contributed by atoms with van der Waals surface area (Å²) >= 11 is 0. The lowest BCUT2D eigenvalue weighted by Crippen LogP contribution is -2.48. The minimum atomic E-state index is -0.618. The molecule has 6 nitrogen and oxygen atoms in total. The maximum absolute atomic E-state index is 13.0. The average Bonchev–Trinajstić information content (AvgIpc) is 2.83. The van der Waals surface area contributed by atoms with E-state index in [4.69, 9.17) is 5.26 Å². The Morgan fingerprint density at radius 2 is 1.69 bits per heavy atom. The third-order valence-corrected chi connectivity index (χ3v) is 5.79. The van der Waals surface area contributed by atoms with Crippen LogP contribution in [0.25, 0.3) is 0 Å². The second kappa shape index (κ2) is 11.8. The summed E-state index contributed by atoms with van der Waals surface area (Å²) in [6.07, 6.45) is 6.29. The van der Waals surface area contributed by atoms with Crippen LogP contribution in [0, 0.1) is 23.1 Å². The second-order valence-electron chi connectivity index (χ2n) is 8.18. The van der Waals surface area contributed by atoms with Crippen LogP contribution < -0.4 is 16.0 Å². The molecular formula is C25H29FN4O2. The Morgan fingerprint density at radius 3 is 2.34 bits per heavy atom. The van der Waals surface area contributed by atoms with Gasteiger partial charge in [0.25, 0.3) is 5.91 Å². The van der Waals surface area contributed by atoms with Crippen molar-refractivity contribution in [3.8, 4) is 6.07 Å². The van der Waals surface area contributed by atoms with Crippen LogP contribution >= 0.6 is 0 Å². The molecule has 3 N–H and O–H groups in total. The van der Waals surface area contributed by atoms with Gasteiger partial charge in [-0.25, -0.2) is 4.39 Å². The van der Waals surface area contributed by atoms with Crippen molar-refractivity contribution in [2.75, 3.05) is 18.4 Å². The van der Waals surface area contributed by atoms with Gasteiger partial charge in [-0.05, 0) is 60.9 Å². The van der Waals surface area contributed by atoms with Crippen molar-refractivity contribution in [2.45, 2.75) is 44.6 Å². The molecule has 1 aliphatic rings. The van der Waals surface area contributed by atoms with Gasteiger partial charge in [-0.2, -0.15) is 5.26 Å². The molecule has 0 spiro atoms. The zero-order chi connectivity index (χ0) is 22.8. The maximum atomic E-state index is 13.0. The van der Waals surface area contributed by atoms with E-state index in [2.05, 4.69) is 16.0 Å². The molecule has 168 valence electrons. The third kappa shape index (κ3) is 7.09. The molecule has 7 heteroatoms. The number of hydrogen-bond acceptors (Lipinski definition) is 4. The number of rotatable bonds is 9. The van der Waals surface area contributed by atoms with Gasteiger partial charge >= 0.3 is 0 Å². The number of nitrogens with one attached hydrogen (secondary N) is 3. The average molecular weight is 437 g/mol. The summed E-state index contributed by atoms with van der Waals surface area (Å²) in [6.45, 7) is 0.862. The van der Waals surface area contributed by atoms with Crippen LogP contribution in [-0.2, 0) is 4.79 Å². The fourth-order valence-corrected chi connectivity index (χ4v) is 4.01. The van der Waals surface area contributed by atoms with Crippen molar-refractivity contribution >= 4 is 17.5 Å². The lowest BCUT2D eigenvalue weighted by molar-refractivity contribution is -0.123. The van der Waals surface area contributed by atoms with E-state index in [1.807, 2.05) is 6.07 Å². The quantitative estimate of drug-likeness (QED) is 0.518. The lowest BCUT2D eigenvalue weighted by Gasteiger charge is -2.26. The Balaban J connectivity index is 1.56. The lowest BCUT2D eigenvalue weighted by atomic mass is 9.84. The standard InChI is InChI=1S/C25H29FN4O2/c26-21-10-12-22(13-11-21)28-14-15-29-25(32)23(16-18-4-2-1-3-5-18)30-24(31)20-8-6-19(17-27)7-9-20/h6-13,18,23,28H,1-5,14-16H2,(H,29,32)(H,30,31). The van der Waals surface area contributed by atoms with Crippen LogP contribution in [0.4, 0.5) is 10.1 Å². The van der Waals surface area contributed by atoms with Gasteiger partial charge in [-0.3, -0.25) is 9.59 Å². The molecule has 0 aliphatic heterocycles. The number of halogens is 1. The number of nitrogens with zero attached hydrogens (tertiary/aromatic N) is 1. The summed E-state index contributed by atoms with van der Waals surface area (Å²) < 4.78 is 13.0. The van der Waals surface area contributed by atoms with Gasteiger partial charge in [0.05, 0.1) is 11.6 Å². The number of hydrogen-bond donors (Lipinski definition) is 3. The molecule has 1 fully saturated rings. The van der Waals surface area contributed by atoms with Gasteiger partial charge < -0.3 is 16.0 Å². The predicted octanol–water partition coefficient (Wildman–Crippen LogP) is 3.99. The first kappa shape index (κ1) is 23.3. The van der Waals surface area contributed by atoms with E-state index < -0.39 is 6.04 Å². The Bertz CT molecular complexity index is 932. The van der Waals surface area contributed by atoms with E-state index in [-0.39, 0.29) is 17.6 Å². The summed E-state index contributed by atoms with van der Waals surface area (Å²) in [5, 5.41) is 17.8. The van der Waals surface area contributed by atoms with Gasteiger partial charge in [-0.1, -0.05) is 32.1 Å². The first-order valence-electron chi connectivity index (χ1n) is 11.1.